The van der Waals surface area contributed by atoms with E-state index in [9.17, 15) is 0 Å². The monoisotopic (exact) mass is 263 g/mol. The Morgan fingerprint density at radius 1 is 1.33 bits per heavy atom. The van der Waals surface area contributed by atoms with Crippen LogP contribution >= 0.6 is 11.8 Å². The highest BCUT2D eigenvalue weighted by molar-refractivity contribution is 7.98. The first-order valence-electron chi connectivity index (χ1n) is 6.94. The van der Waals surface area contributed by atoms with Gasteiger partial charge < -0.3 is 10.1 Å². The number of nitrogens with one attached hydrogen (secondary N) is 1. The third-order valence-electron chi connectivity index (χ3n) is 3.85. The third-order valence-corrected chi connectivity index (χ3v) is 4.94. The molecule has 2 aliphatic heterocycles. The van der Waals surface area contributed by atoms with Gasteiger partial charge in [0.05, 0.1) is 6.10 Å². The van der Waals surface area contributed by atoms with Crippen molar-refractivity contribution in [1.82, 2.24) is 5.32 Å². The van der Waals surface area contributed by atoms with Crippen molar-refractivity contribution in [3.8, 4) is 0 Å². The van der Waals surface area contributed by atoms with E-state index >= 15 is 0 Å². The largest absolute Gasteiger partial charge is 0.378 e. The van der Waals surface area contributed by atoms with Crippen LogP contribution in [0.3, 0.4) is 0 Å². The van der Waals surface area contributed by atoms with Gasteiger partial charge in [-0.3, -0.25) is 0 Å². The van der Waals surface area contributed by atoms with Gasteiger partial charge in [0, 0.05) is 24.2 Å². The maximum absolute atomic E-state index is 5.67. The molecule has 0 saturated carbocycles. The van der Waals surface area contributed by atoms with Crippen LogP contribution in [0.4, 0.5) is 0 Å². The maximum Gasteiger partial charge on any atom is 0.0588 e. The van der Waals surface area contributed by atoms with E-state index in [1.807, 2.05) is 11.8 Å². The van der Waals surface area contributed by atoms with Crippen molar-refractivity contribution in [3.05, 3.63) is 35.4 Å². The van der Waals surface area contributed by atoms with Gasteiger partial charge in [-0.05, 0) is 36.9 Å². The molecular weight excluding hydrogens is 242 g/mol. The minimum absolute atomic E-state index is 0.504. The Morgan fingerprint density at radius 2 is 2.28 bits per heavy atom. The standard InChI is InChI=1S/C15H21NOS/c1-2-6-14-12(4-1)10-18-11-15(14)16-8-7-13-5-3-9-17-13/h1-2,4,6,13,15-16H,3,5,7-11H2. The molecule has 3 rings (SSSR count). The second kappa shape index (κ2) is 6.09. The summed E-state index contributed by atoms with van der Waals surface area (Å²) in [5.41, 5.74) is 3.01. The molecule has 0 aromatic heterocycles. The fraction of sp³-hybridized carbons (Fsp3) is 0.600. The van der Waals surface area contributed by atoms with Crippen molar-refractivity contribution in [3.63, 3.8) is 0 Å². The lowest BCUT2D eigenvalue weighted by Gasteiger charge is -2.26. The molecular formula is C15H21NOS. The fourth-order valence-electron chi connectivity index (χ4n) is 2.84. The van der Waals surface area contributed by atoms with E-state index < -0.39 is 0 Å². The minimum atomic E-state index is 0.504. The SMILES string of the molecule is c1ccc2c(c1)CSCC2NCCC1CCCO1. The van der Waals surface area contributed by atoms with Gasteiger partial charge in [-0.2, -0.15) is 11.8 Å². The second-order valence-electron chi connectivity index (χ2n) is 5.14. The zero-order valence-corrected chi connectivity index (χ0v) is 11.5. The summed E-state index contributed by atoms with van der Waals surface area (Å²) < 4.78 is 5.67. The maximum atomic E-state index is 5.67. The molecule has 98 valence electrons. The zero-order chi connectivity index (χ0) is 12.2. The predicted molar refractivity (Wildman–Crippen MR) is 76.9 cm³/mol. The molecule has 2 atom stereocenters. The first kappa shape index (κ1) is 12.5. The Bertz CT molecular complexity index is 390. The molecule has 1 aromatic carbocycles. The van der Waals surface area contributed by atoms with Gasteiger partial charge in [0.15, 0.2) is 0 Å². The van der Waals surface area contributed by atoms with E-state index in [1.54, 1.807) is 0 Å². The van der Waals surface area contributed by atoms with E-state index in [0.29, 0.717) is 12.1 Å². The van der Waals surface area contributed by atoms with Gasteiger partial charge in [0.2, 0.25) is 0 Å². The molecule has 3 heteroatoms. The number of hydrogen-bond donors (Lipinski definition) is 1. The Kier molecular flexibility index (Phi) is 4.24. The highest BCUT2D eigenvalue weighted by Crippen LogP contribution is 2.31. The molecule has 1 aromatic rings. The van der Waals surface area contributed by atoms with Crippen LogP contribution in [0.2, 0.25) is 0 Å². The Labute approximate surface area is 113 Å². The Balaban J connectivity index is 1.54. The molecule has 1 N–H and O–H groups in total. The summed E-state index contributed by atoms with van der Waals surface area (Å²) in [4.78, 5) is 0. The van der Waals surface area contributed by atoms with Gasteiger partial charge in [0.1, 0.15) is 0 Å². The number of thioether (sulfide) groups is 1. The number of benzene rings is 1. The molecule has 18 heavy (non-hydrogen) atoms. The highest BCUT2D eigenvalue weighted by Gasteiger charge is 2.20. The van der Waals surface area contributed by atoms with Crippen molar-refractivity contribution in [2.24, 2.45) is 0 Å². The first-order chi connectivity index (χ1) is 8.93. The quantitative estimate of drug-likeness (QED) is 0.902. The van der Waals surface area contributed by atoms with Crippen molar-refractivity contribution in [2.75, 3.05) is 18.9 Å². The number of ether oxygens (including phenoxy) is 1. The van der Waals surface area contributed by atoms with Crippen LogP contribution in [0.5, 0.6) is 0 Å². The summed E-state index contributed by atoms with van der Waals surface area (Å²) in [6.07, 6.45) is 4.15. The van der Waals surface area contributed by atoms with Crippen LogP contribution in [0, 0.1) is 0 Å². The van der Waals surface area contributed by atoms with Crippen LogP contribution in [0.25, 0.3) is 0 Å². The van der Waals surface area contributed by atoms with Crippen LogP contribution in [0.15, 0.2) is 24.3 Å². The molecule has 0 radical (unpaired) electrons. The average molecular weight is 263 g/mol. The average Bonchev–Trinajstić information content (AvgIpc) is 2.92. The van der Waals surface area contributed by atoms with Gasteiger partial charge >= 0.3 is 0 Å². The molecule has 0 aliphatic carbocycles. The van der Waals surface area contributed by atoms with Crippen molar-refractivity contribution >= 4 is 11.8 Å². The summed E-state index contributed by atoms with van der Waals surface area (Å²) in [5, 5.41) is 3.70. The van der Waals surface area contributed by atoms with E-state index in [0.717, 1.165) is 19.6 Å². The van der Waals surface area contributed by atoms with Crippen molar-refractivity contribution in [1.29, 1.82) is 0 Å². The van der Waals surface area contributed by atoms with Gasteiger partial charge in [-0.25, -0.2) is 0 Å². The molecule has 2 unspecified atom stereocenters. The van der Waals surface area contributed by atoms with Gasteiger partial charge in [0.25, 0.3) is 0 Å². The van der Waals surface area contributed by atoms with E-state index in [1.165, 1.54) is 35.5 Å². The summed E-state index contributed by atoms with van der Waals surface area (Å²) in [6, 6.07) is 9.37. The minimum Gasteiger partial charge on any atom is -0.378 e. The number of fused-ring (bicyclic) bond motifs is 1. The third kappa shape index (κ3) is 2.90. The van der Waals surface area contributed by atoms with Crippen LogP contribution in [-0.4, -0.2) is 25.0 Å². The lowest BCUT2D eigenvalue weighted by molar-refractivity contribution is 0.103. The molecule has 2 nitrogen and oxygen atoms in total. The van der Waals surface area contributed by atoms with E-state index in [2.05, 4.69) is 29.6 Å². The van der Waals surface area contributed by atoms with Gasteiger partial charge in [-0.15, -0.1) is 0 Å². The van der Waals surface area contributed by atoms with Crippen LogP contribution in [0.1, 0.15) is 36.4 Å². The smallest absolute Gasteiger partial charge is 0.0588 e. The van der Waals surface area contributed by atoms with Gasteiger partial charge in [-0.1, -0.05) is 24.3 Å². The molecule has 0 amide bonds. The zero-order valence-electron chi connectivity index (χ0n) is 10.7. The molecule has 0 spiro atoms. The summed E-state index contributed by atoms with van der Waals surface area (Å²) in [7, 11) is 0. The van der Waals surface area contributed by atoms with Crippen molar-refractivity contribution < 1.29 is 4.74 Å². The van der Waals surface area contributed by atoms with E-state index in [4.69, 9.17) is 4.74 Å². The second-order valence-corrected chi connectivity index (χ2v) is 6.17. The number of rotatable bonds is 4. The molecule has 0 bridgehead atoms. The molecule has 2 heterocycles. The molecule has 1 saturated heterocycles. The normalized spacial score (nSPS) is 27.1. The Morgan fingerprint density at radius 3 is 3.17 bits per heavy atom. The lowest BCUT2D eigenvalue weighted by Crippen LogP contribution is -2.29. The topological polar surface area (TPSA) is 21.3 Å². The summed E-state index contributed by atoms with van der Waals surface area (Å²) >= 11 is 2.03. The summed E-state index contributed by atoms with van der Waals surface area (Å²) in [5.74, 6) is 2.36. The lowest BCUT2D eigenvalue weighted by atomic mass is 10.0. The highest BCUT2D eigenvalue weighted by atomic mass is 32.2. The molecule has 1 fully saturated rings. The number of hydrogen-bond acceptors (Lipinski definition) is 3. The fourth-order valence-corrected chi connectivity index (χ4v) is 3.98. The van der Waals surface area contributed by atoms with Crippen LogP contribution < -0.4 is 5.32 Å². The Hall–Kier alpha value is -0.510. The summed E-state index contributed by atoms with van der Waals surface area (Å²) in [6.45, 7) is 2.04. The molecule has 2 aliphatic rings. The van der Waals surface area contributed by atoms with Crippen molar-refractivity contribution in [2.45, 2.75) is 37.2 Å². The first-order valence-corrected chi connectivity index (χ1v) is 8.09. The van der Waals surface area contributed by atoms with E-state index in [-0.39, 0.29) is 0 Å². The predicted octanol–water partition coefficient (Wildman–Crippen LogP) is 3.13. The van der Waals surface area contributed by atoms with Crippen LogP contribution in [-0.2, 0) is 10.5 Å².